The molecular formula is C17H24N6O4. The number of fused-ring (bicyclic) bond motifs is 1. The van der Waals surface area contributed by atoms with E-state index in [2.05, 4.69) is 25.3 Å². The molecule has 3 rings (SSSR count). The van der Waals surface area contributed by atoms with E-state index in [1.807, 2.05) is 4.90 Å². The van der Waals surface area contributed by atoms with Crippen LogP contribution >= 0.6 is 0 Å². The summed E-state index contributed by atoms with van der Waals surface area (Å²) >= 11 is 0. The molecule has 2 N–H and O–H groups in total. The second-order valence-electron chi connectivity index (χ2n) is 7.48. The maximum atomic E-state index is 12.5. The van der Waals surface area contributed by atoms with E-state index in [1.165, 1.54) is 13.4 Å². The number of alkyl carbamates (subject to hydrolysis) is 1. The van der Waals surface area contributed by atoms with Gasteiger partial charge < -0.3 is 24.7 Å². The second kappa shape index (κ2) is 7.01. The van der Waals surface area contributed by atoms with Crippen LogP contribution in [0.1, 0.15) is 33.6 Å². The second-order valence-corrected chi connectivity index (χ2v) is 7.48. The Morgan fingerprint density at radius 3 is 2.56 bits per heavy atom. The summed E-state index contributed by atoms with van der Waals surface area (Å²) in [5, 5.41) is 2.73. The highest BCUT2D eigenvalue weighted by atomic mass is 16.6. The Labute approximate surface area is 156 Å². The molecule has 0 spiro atoms. The van der Waals surface area contributed by atoms with E-state index >= 15 is 0 Å². The number of aromatic nitrogens is 4. The summed E-state index contributed by atoms with van der Waals surface area (Å²) in [6.07, 6.45) is 3.11. The zero-order valence-corrected chi connectivity index (χ0v) is 15.9. The first kappa shape index (κ1) is 18.9. The van der Waals surface area contributed by atoms with Gasteiger partial charge in [0.1, 0.15) is 23.0 Å². The number of carbonyl (C=O) groups excluding carboxylic acids is 2. The first-order chi connectivity index (χ1) is 12.7. The van der Waals surface area contributed by atoms with Gasteiger partial charge in [0.25, 0.3) is 0 Å². The summed E-state index contributed by atoms with van der Waals surface area (Å²) in [7, 11) is 1.31. The fraction of sp³-hybridized carbons (Fsp3) is 0.588. The largest absolute Gasteiger partial charge is 0.467 e. The van der Waals surface area contributed by atoms with Crippen LogP contribution in [-0.2, 0) is 14.3 Å². The summed E-state index contributed by atoms with van der Waals surface area (Å²) in [4.78, 5) is 42.4. The summed E-state index contributed by atoms with van der Waals surface area (Å²) < 4.78 is 10.3. The molecule has 0 bridgehead atoms. The molecular weight excluding hydrogens is 352 g/mol. The van der Waals surface area contributed by atoms with E-state index in [-0.39, 0.29) is 0 Å². The first-order valence-corrected chi connectivity index (χ1v) is 8.73. The number of aromatic amines is 1. The Bertz CT molecular complexity index is 835. The summed E-state index contributed by atoms with van der Waals surface area (Å²) in [5.41, 5.74) is -0.472. The van der Waals surface area contributed by atoms with Gasteiger partial charge in [0.15, 0.2) is 11.5 Å². The van der Waals surface area contributed by atoms with Gasteiger partial charge >= 0.3 is 12.1 Å². The molecule has 2 aromatic heterocycles. The van der Waals surface area contributed by atoms with Gasteiger partial charge in [-0.25, -0.2) is 24.5 Å². The van der Waals surface area contributed by atoms with E-state index in [4.69, 9.17) is 9.47 Å². The number of esters is 1. The standard InChI is InChI=1S/C17H24N6O4/c1-16(2,3)27-15(25)22-17(14(24)26-4)5-7-23(8-6-17)13-11-12(19-9-18-11)20-10-21-13/h9-10H,5-8H2,1-4H3,(H,22,25)(H,18,19,20,21). The van der Waals surface area contributed by atoms with Gasteiger partial charge in [0.05, 0.1) is 13.4 Å². The zero-order valence-electron chi connectivity index (χ0n) is 15.9. The number of anilines is 1. The molecule has 1 fully saturated rings. The third-order valence-corrected chi connectivity index (χ3v) is 4.43. The van der Waals surface area contributed by atoms with Crippen LogP contribution in [0.3, 0.4) is 0 Å². The molecule has 10 heteroatoms. The van der Waals surface area contributed by atoms with E-state index in [0.717, 1.165) is 0 Å². The first-order valence-electron chi connectivity index (χ1n) is 8.73. The van der Waals surface area contributed by atoms with Crippen LogP contribution < -0.4 is 10.2 Å². The smallest absolute Gasteiger partial charge is 0.408 e. The number of ether oxygens (including phenoxy) is 2. The van der Waals surface area contributed by atoms with Crippen molar-refractivity contribution in [1.29, 1.82) is 0 Å². The lowest BCUT2D eigenvalue weighted by atomic mass is 9.87. The minimum Gasteiger partial charge on any atom is -0.467 e. The molecule has 3 heterocycles. The Hall–Kier alpha value is -2.91. The molecule has 1 aliphatic rings. The van der Waals surface area contributed by atoms with Gasteiger partial charge in [-0.15, -0.1) is 0 Å². The van der Waals surface area contributed by atoms with Gasteiger partial charge in [-0.1, -0.05) is 0 Å². The number of nitrogens with zero attached hydrogens (tertiary/aromatic N) is 4. The topological polar surface area (TPSA) is 122 Å². The Morgan fingerprint density at radius 1 is 1.22 bits per heavy atom. The van der Waals surface area contributed by atoms with Crippen LogP contribution in [0.5, 0.6) is 0 Å². The predicted octanol–water partition coefficient (Wildman–Crippen LogP) is 1.39. The average molecular weight is 376 g/mol. The van der Waals surface area contributed by atoms with Gasteiger partial charge in [-0.05, 0) is 33.6 Å². The molecule has 146 valence electrons. The molecule has 0 saturated carbocycles. The van der Waals surface area contributed by atoms with Crippen molar-refractivity contribution in [3.63, 3.8) is 0 Å². The molecule has 1 saturated heterocycles. The SMILES string of the molecule is COC(=O)C1(NC(=O)OC(C)(C)C)CCN(c2ncnc3[nH]cnc23)CC1. The number of piperidine rings is 1. The molecule has 1 amide bonds. The molecule has 0 atom stereocenters. The Morgan fingerprint density at radius 2 is 1.93 bits per heavy atom. The number of imidazole rings is 1. The Balaban J connectivity index is 1.77. The van der Waals surface area contributed by atoms with Crippen molar-refractivity contribution in [3.05, 3.63) is 12.7 Å². The monoisotopic (exact) mass is 376 g/mol. The Kier molecular flexibility index (Phi) is 4.90. The average Bonchev–Trinajstić information content (AvgIpc) is 3.08. The van der Waals surface area contributed by atoms with E-state index in [9.17, 15) is 9.59 Å². The highest BCUT2D eigenvalue weighted by Crippen LogP contribution is 2.29. The zero-order chi connectivity index (χ0) is 19.7. The fourth-order valence-corrected chi connectivity index (χ4v) is 3.16. The van der Waals surface area contributed by atoms with Gasteiger partial charge in [0.2, 0.25) is 0 Å². The van der Waals surface area contributed by atoms with Crippen molar-refractivity contribution in [1.82, 2.24) is 25.3 Å². The molecule has 2 aromatic rings. The number of hydrogen-bond donors (Lipinski definition) is 2. The van der Waals surface area contributed by atoms with Crippen molar-refractivity contribution < 1.29 is 19.1 Å². The third-order valence-electron chi connectivity index (χ3n) is 4.43. The lowest BCUT2D eigenvalue weighted by Crippen LogP contribution is -2.61. The van der Waals surface area contributed by atoms with Crippen molar-refractivity contribution >= 4 is 29.0 Å². The minimum absolute atomic E-state index is 0.356. The number of methoxy groups -OCH3 is 1. The lowest BCUT2D eigenvalue weighted by Gasteiger charge is -2.40. The van der Waals surface area contributed by atoms with Crippen LogP contribution in [0.2, 0.25) is 0 Å². The molecule has 10 nitrogen and oxygen atoms in total. The van der Waals surface area contributed by atoms with E-state index < -0.39 is 23.2 Å². The maximum absolute atomic E-state index is 12.5. The number of amides is 1. The van der Waals surface area contributed by atoms with Gasteiger partial charge in [-0.2, -0.15) is 0 Å². The van der Waals surface area contributed by atoms with Crippen LogP contribution in [0.4, 0.5) is 10.6 Å². The highest BCUT2D eigenvalue weighted by molar-refractivity contribution is 5.87. The van der Waals surface area contributed by atoms with Gasteiger partial charge in [0, 0.05) is 13.1 Å². The van der Waals surface area contributed by atoms with E-state index in [0.29, 0.717) is 42.9 Å². The minimum atomic E-state index is -1.13. The molecule has 27 heavy (non-hydrogen) atoms. The number of rotatable bonds is 3. The van der Waals surface area contributed by atoms with Crippen molar-refractivity contribution in [3.8, 4) is 0 Å². The number of carbonyl (C=O) groups is 2. The summed E-state index contributed by atoms with van der Waals surface area (Å²) in [6, 6.07) is 0. The maximum Gasteiger partial charge on any atom is 0.408 e. The van der Waals surface area contributed by atoms with Crippen LogP contribution in [0.25, 0.3) is 11.2 Å². The number of hydrogen-bond acceptors (Lipinski definition) is 8. The summed E-state index contributed by atoms with van der Waals surface area (Å²) in [5.74, 6) is 0.206. The summed E-state index contributed by atoms with van der Waals surface area (Å²) in [6.45, 7) is 6.28. The fourth-order valence-electron chi connectivity index (χ4n) is 3.16. The van der Waals surface area contributed by atoms with Crippen molar-refractivity contribution in [2.45, 2.75) is 44.8 Å². The molecule has 0 aromatic carbocycles. The van der Waals surface area contributed by atoms with Crippen molar-refractivity contribution in [2.24, 2.45) is 0 Å². The van der Waals surface area contributed by atoms with Gasteiger partial charge in [-0.3, -0.25) is 0 Å². The predicted molar refractivity (Wildman–Crippen MR) is 97.2 cm³/mol. The highest BCUT2D eigenvalue weighted by Gasteiger charge is 2.45. The van der Waals surface area contributed by atoms with E-state index in [1.54, 1.807) is 27.1 Å². The van der Waals surface area contributed by atoms with Crippen LogP contribution in [0, 0.1) is 0 Å². The van der Waals surface area contributed by atoms with Crippen LogP contribution in [-0.4, -0.2) is 63.3 Å². The molecule has 0 radical (unpaired) electrons. The number of H-pyrrole nitrogens is 1. The molecule has 0 unspecified atom stereocenters. The lowest BCUT2D eigenvalue weighted by molar-refractivity contribution is -0.149. The van der Waals surface area contributed by atoms with Crippen LogP contribution in [0.15, 0.2) is 12.7 Å². The number of nitrogens with one attached hydrogen (secondary N) is 2. The third kappa shape index (κ3) is 3.93. The normalized spacial score (nSPS) is 16.8. The van der Waals surface area contributed by atoms with Crippen molar-refractivity contribution in [2.75, 3.05) is 25.1 Å². The quantitative estimate of drug-likeness (QED) is 0.771. The molecule has 1 aliphatic heterocycles. The molecule has 0 aliphatic carbocycles.